The van der Waals surface area contributed by atoms with E-state index in [0.717, 1.165) is 13.0 Å². The first-order valence-corrected chi connectivity index (χ1v) is 6.68. The molecule has 4 N–H and O–H groups in total. The number of non-ortho nitro benzene ring substituents is 1. The van der Waals surface area contributed by atoms with Crippen molar-refractivity contribution in [3.05, 3.63) is 28.3 Å². The van der Waals surface area contributed by atoms with Gasteiger partial charge >= 0.3 is 0 Å². The number of rotatable bonds is 8. The fourth-order valence-corrected chi connectivity index (χ4v) is 1.81. The molecular formula is C13H23N5O2. The van der Waals surface area contributed by atoms with E-state index < -0.39 is 4.92 Å². The van der Waals surface area contributed by atoms with Crippen LogP contribution in [0.5, 0.6) is 0 Å². The highest BCUT2D eigenvalue weighted by Gasteiger charge is 2.10. The van der Waals surface area contributed by atoms with Gasteiger partial charge in [-0.05, 0) is 26.5 Å². The van der Waals surface area contributed by atoms with Crippen molar-refractivity contribution in [3.8, 4) is 0 Å². The topological polar surface area (TPSA) is 96.5 Å². The number of nitro benzene ring substituents is 1. The molecule has 0 heterocycles. The van der Waals surface area contributed by atoms with Crippen molar-refractivity contribution in [2.75, 3.05) is 30.9 Å². The molecule has 0 saturated carbocycles. The summed E-state index contributed by atoms with van der Waals surface area (Å²) in [6.07, 6.45) is 1.09. The summed E-state index contributed by atoms with van der Waals surface area (Å²) in [5, 5.41) is 14.0. The number of likely N-dealkylation sites (N-methyl/N-ethyl adjacent to an activating group) is 1. The Bertz CT molecular complexity index is 452. The number of nitrogens with two attached hydrogens (primary N) is 1. The number of nitrogens with zero attached hydrogens (tertiary/aromatic N) is 2. The van der Waals surface area contributed by atoms with E-state index in [1.807, 2.05) is 0 Å². The van der Waals surface area contributed by atoms with Crippen LogP contribution < -0.4 is 16.6 Å². The van der Waals surface area contributed by atoms with Gasteiger partial charge < -0.3 is 15.6 Å². The third kappa shape index (κ3) is 4.67. The number of nitrogens with one attached hydrogen (secondary N) is 2. The smallest absolute Gasteiger partial charge is 0.273 e. The SMILES string of the molecule is CCC(C)N(C)CCNc1cc(NN)cc([N+](=O)[O-])c1. The lowest BCUT2D eigenvalue weighted by molar-refractivity contribution is -0.384. The Kier molecular flexibility index (Phi) is 6.20. The molecule has 0 bridgehead atoms. The van der Waals surface area contributed by atoms with Gasteiger partial charge in [-0.25, -0.2) is 0 Å². The Morgan fingerprint density at radius 2 is 2.05 bits per heavy atom. The van der Waals surface area contributed by atoms with Crippen LogP contribution in [-0.4, -0.2) is 36.0 Å². The highest BCUT2D eigenvalue weighted by molar-refractivity contribution is 5.63. The molecule has 1 unspecified atom stereocenters. The first-order chi connectivity index (χ1) is 9.47. The van der Waals surface area contributed by atoms with Crippen LogP contribution in [-0.2, 0) is 0 Å². The fourth-order valence-electron chi connectivity index (χ4n) is 1.81. The lowest BCUT2D eigenvalue weighted by Crippen LogP contribution is -2.32. The van der Waals surface area contributed by atoms with Crippen LogP contribution in [0.25, 0.3) is 0 Å². The summed E-state index contributed by atoms with van der Waals surface area (Å²) in [5.41, 5.74) is 3.64. The minimum absolute atomic E-state index is 0.0123. The first kappa shape index (κ1) is 16.2. The molecule has 0 radical (unpaired) electrons. The van der Waals surface area contributed by atoms with Gasteiger partial charge in [0.15, 0.2) is 0 Å². The Morgan fingerprint density at radius 1 is 1.40 bits per heavy atom. The second-order valence-corrected chi connectivity index (χ2v) is 4.83. The quantitative estimate of drug-likeness (QED) is 0.383. The number of benzene rings is 1. The van der Waals surface area contributed by atoms with Crippen molar-refractivity contribution >= 4 is 17.1 Å². The molecule has 7 heteroatoms. The highest BCUT2D eigenvalue weighted by Crippen LogP contribution is 2.23. The van der Waals surface area contributed by atoms with E-state index in [1.54, 1.807) is 6.07 Å². The lowest BCUT2D eigenvalue weighted by Gasteiger charge is -2.23. The largest absolute Gasteiger partial charge is 0.383 e. The minimum atomic E-state index is -0.433. The summed E-state index contributed by atoms with van der Waals surface area (Å²) in [6, 6.07) is 5.17. The van der Waals surface area contributed by atoms with Crippen LogP contribution in [0.3, 0.4) is 0 Å². The Morgan fingerprint density at radius 3 is 2.60 bits per heavy atom. The number of nitro groups is 1. The van der Waals surface area contributed by atoms with Crippen molar-refractivity contribution in [1.29, 1.82) is 0 Å². The monoisotopic (exact) mass is 281 g/mol. The van der Waals surface area contributed by atoms with Gasteiger partial charge in [0, 0.05) is 37.0 Å². The Hall–Kier alpha value is -1.86. The zero-order valence-corrected chi connectivity index (χ0v) is 12.2. The molecule has 1 aromatic rings. The molecule has 0 spiro atoms. The molecule has 7 nitrogen and oxygen atoms in total. The van der Waals surface area contributed by atoms with Crippen LogP contribution in [0.15, 0.2) is 18.2 Å². The molecule has 0 aliphatic rings. The predicted molar refractivity (Wildman–Crippen MR) is 81.8 cm³/mol. The second kappa shape index (κ2) is 7.66. The van der Waals surface area contributed by atoms with Gasteiger partial charge in [0.25, 0.3) is 5.69 Å². The van der Waals surface area contributed by atoms with E-state index >= 15 is 0 Å². The summed E-state index contributed by atoms with van der Waals surface area (Å²) in [7, 11) is 2.07. The number of nitrogen functional groups attached to an aromatic ring is 1. The van der Waals surface area contributed by atoms with Crippen LogP contribution in [0.4, 0.5) is 17.1 Å². The molecule has 1 atom stereocenters. The van der Waals surface area contributed by atoms with E-state index in [4.69, 9.17) is 5.84 Å². The van der Waals surface area contributed by atoms with Gasteiger partial charge in [0.05, 0.1) is 10.6 Å². The zero-order chi connectivity index (χ0) is 15.1. The third-order valence-electron chi connectivity index (χ3n) is 3.43. The van der Waals surface area contributed by atoms with Gasteiger partial charge in [-0.1, -0.05) is 6.92 Å². The summed E-state index contributed by atoms with van der Waals surface area (Å²) < 4.78 is 0. The van der Waals surface area contributed by atoms with Gasteiger partial charge in [-0.2, -0.15) is 0 Å². The summed E-state index contributed by atoms with van der Waals surface area (Å²) in [6.45, 7) is 5.90. The molecule has 0 aliphatic carbocycles. The van der Waals surface area contributed by atoms with Crippen molar-refractivity contribution in [2.24, 2.45) is 5.84 Å². The number of hydrazine groups is 1. The molecule has 1 aromatic carbocycles. The lowest BCUT2D eigenvalue weighted by atomic mass is 10.2. The maximum absolute atomic E-state index is 10.8. The van der Waals surface area contributed by atoms with Crippen LogP contribution >= 0.6 is 0 Å². The summed E-state index contributed by atoms with van der Waals surface area (Å²) >= 11 is 0. The van der Waals surface area contributed by atoms with E-state index in [-0.39, 0.29) is 5.69 Å². The molecule has 112 valence electrons. The Labute approximate surface area is 119 Å². The Balaban J connectivity index is 2.63. The number of anilines is 2. The van der Waals surface area contributed by atoms with E-state index in [0.29, 0.717) is 24.0 Å². The average Bonchev–Trinajstić information content (AvgIpc) is 2.45. The van der Waals surface area contributed by atoms with E-state index in [2.05, 4.69) is 36.5 Å². The molecule has 20 heavy (non-hydrogen) atoms. The highest BCUT2D eigenvalue weighted by atomic mass is 16.6. The number of hydrogen-bond donors (Lipinski definition) is 3. The standard InChI is InChI=1S/C13H23N5O2/c1-4-10(2)17(3)6-5-15-11-7-12(16-14)9-13(8-11)18(19)20/h7-10,15-16H,4-6,14H2,1-3H3. The summed E-state index contributed by atoms with van der Waals surface area (Å²) in [4.78, 5) is 12.6. The average molecular weight is 281 g/mol. The minimum Gasteiger partial charge on any atom is -0.383 e. The predicted octanol–water partition coefficient (Wildman–Crippen LogP) is 2.02. The molecule has 0 aliphatic heterocycles. The maximum atomic E-state index is 10.8. The third-order valence-corrected chi connectivity index (χ3v) is 3.43. The first-order valence-electron chi connectivity index (χ1n) is 6.68. The van der Waals surface area contributed by atoms with Gasteiger partial charge in [-0.15, -0.1) is 0 Å². The second-order valence-electron chi connectivity index (χ2n) is 4.83. The molecule has 0 aromatic heterocycles. The van der Waals surface area contributed by atoms with Gasteiger partial charge in [0.1, 0.15) is 0 Å². The molecule has 0 amide bonds. The fraction of sp³-hybridized carbons (Fsp3) is 0.538. The molecular weight excluding hydrogens is 258 g/mol. The van der Waals surface area contributed by atoms with E-state index in [9.17, 15) is 10.1 Å². The molecule has 1 rings (SSSR count). The summed E-state index contributed by atoms with van der Waals surface area (Å²) in [5.74, 6) is 5.31. The van der Waals surface area contributed by atoms with Crippen LogP contribution in [0, 0.1) is 10.1 Å². The van der Waals surface area contributed by atoms with Gasteiger partial charge in [0.2, 0.25) is 0 Å². The van der Waals surface area contributed by atoms with Gasteiger partial charge in [-0.3, -0.25) is 16.0 Å². The van der Waals surface area contributed by atoms with Crippen molar-refractivity contribution in [1.82, 2.24) is 4.90 Å². The number of hydrogen-bond acceptors (Lipinski definition) is 6. The van der Waals surface area contributed by atoms with Crippen LogP contribution in [0.2, 0.25) is 0 Å². The maximum Gasteiger partial charge on any atom is 0.273 e. The van der Waals surface area contributed by atoms with Crippen molar-refractivity contribution < 1.29 is 4.92 Å². The van der Waals surface area contributed by atoms with Crippen molar-refractivity contribution in [2.45, 2.75) is 26.3 Å². The van der Waals surface area contributed by atoms with Crippen molar-refractivity contribution in [3.63, 3.8) is 0 Å². The van der Waals surface area contributed by atoms with Crippen LogP contribution in [0.1, 0.15) is 20.3 Å². The zero-order valence-electron chi connectivity index (χ0n) is 12.2. The normalized spacial score (nSPS) is 12.2. The molecule has 0 fully saturated rings. The molecule has 0 saturated heterocycles. The van der Waals surface area contributed by atoms with E-state index in [1.165, 1.54) is 12.1 Å².